The first kappa shape index (κ1) is 18.1. The summed E-state index contributed by atoms with van der Waals surface area (Å²) in [6.07, 6.45) is 0.613. The average Bonchev–Trinajstić information content (AvgIpc) is 2.44. The molecule has 1 N–H and O–H groups in total. The highest BCUT2D eigenvalue weighted by atomic mass is 16.5. The van der Waals surface area contributed by atoms with E-state index < -0.39 is 6.10 Å². The van der Waals surface area contributed by atoms with Gasteiger partial charge >= 0.3 is 0 Å². The second-order valence-electron chi connectivity index (χ2n) is 6.75. The molecular formula is C18H31NO2. The van der Waals surface area contributed by atoms with E-state index in [1.54, 1.807) is 0 Å². The van der Waals surface area contributed by atoms with E-state index in [-0.39, 0.29) is 5.60 Å². The number of benzene rings is 1. The zero-order chi connectivity index (χ0) is 15.9. The number of hydrogen-bond donors (Lipinski definition) is 1. The number of nitrogens with zero attached hydrogens (tertiary/aromatic N) is 1. The van der Waals surface area contributed by atoms with Crippen molar-refractivity contribution in [1.29, 1.82) is 0 Å². The van der Waals surface area contributed by atoms with Crippen LogP contribution in [-0.2, 0) is 11.3 Å². The van der Waals surface area contributed by atoms with E-state index in [2.05, 4.69) is 43.0 Å². The van der Waals surface area contributed by atoms with Crippen LogP contribution in [0.4, 0.5) is 0 Å². The van der Waals surface area contributed by atoms with Gasteiger partial charge < -0.3 is 9.84 Å². The fraction of sp³-hybridized carbons (Fsp3) is 0.667. The van der Waals surface area contributed by atoms with Crippen LogP contribution < -0.4 is 0 Å². The molecule has 1 aromatic rings. The molecule has 0 aromatic heterocycles. The van der Waals surface area contributed by atoms with Crippen molar-refractivity contribution in [1.82, 2.24) is 4.90 Å². The minimum atomic E-state index is -0.457. The standard InChI is InChI=1S/C18H31NO2/c1-6-15(2)19(12-16-10-8-7-9-11-16)13-17(20)14-21-18(3,4)5/h7-11,15,17,20H,6,12-14H2,1-5H3/t15-,17-/m0/s1. The molecule has 0 heterocycles. The maximum absolute atomic E-state index is 10.2. The van der Waals surface area contributed by atoms with Crippen molar-refractivity contribution in [3.05, 3.63) is 35.9 Å². The molecule has 3 nitrogen and oxygen atoms in total. The van der Waals surface area contributed by atoms with Crippen molar-refractivity contribution < 1.29 is 9.84 Å². The third-order valence-electron chi connectivity index (χ3n) is 3.60. The summed E-state index contributed by atoms with van der Waals surface area (Å²) in [5.41, 5.74) is 1.07. The summed E-state index contributed by atoms with van der Waals surface area (Å²) >= 11 is 0. The van der Waals surface area contributed by atoms with E-state index >= 15 is 0 Å². The van der Waals surface area contributed by atoms with Gasteiger partial charge in [0.2, 0.25) is 0 Å². The van der Waals surface area contributed by atoms with E-state index in [1.807, 2.05) is 26.8 Å². The van der Waals surface area contributed by atoms with Crippen molar-refractivity contribution in [3.8, 4) is 0 Å². The maximum Gasteiger partial charge on any atom is 0.0900 e. The molecule has 0 amide bonds. The lowest BCUT2D eigenvalue weighted by Crippen LogP contribution is -2.40. The summed E-state index contributed by atoms with van der Waals surface area (Å²) in [5, 5.41) is 10.2. The summed E-state index contributed by atoms with van der Waals surface area (Å²) in [6.45, 7) is 12.3. The Hall–Kier alpha value is -0.900. The molecule has 0 unspecified atom stereocenters. The van der Waals surface area contributed by atoms with Crippen LogP contribution in [0.2, 0.25) is 0 Å². The van der Waals surface area contributed by atoms with Crippen molar-refractivity contribution in [2.24, 2.45) is 0 Å². The van der Waals surface area contributed by atoms with Gasteiger partial charge in [-0.1, -0.05) is 37.3 Å². The summed E-state index contributed by atoms with van der Waals surface area (Å²) in [4.78, 5) is 2.33. The highest BCUT2D eigenvalue weighted by molar-refractivity contribution is 5.14. The van der Waals surface area contributed by atoms with E-state index in [0.29, 0.717) is 19.2 Å². The van der Waals surface area contributed by atoms with E-state index in [9.17, 15) is 5.11 Å². The van der Waals surface area contributed by atoms with E-state index in [1.165, 1.54) is 5.56 Å². The molecule has 0 aliphatic carbocycles. The molecule has 120 valence electrons. The Morgan fingerprint density at radius 2 is 1.81 bits per heavy atom. The van der Waals surface area contributed by atoms with E-state index in [4.69, 9.17) is 4.74 Å². The van der Waals surface area contributed by atoms with Gasteiger partial charge in [-0.2, -0.15) is 0 Å². The lowest BCUT2D eigenvalue weighted by molar-refractivity contribution is -0.0593. The Bertz CT molecular complexity index is 386. The highest BCUT2D eigenvalue weighted by Gasteiger charge is 2.19. The molecule has 0 spiro atoms. The predicted molar refractivity (Wildman–Crippen MR) is 88.3 cm³/mol. The number of hydrogen-bond acceptors (Lipinski definition) is 3. The van der Waals surface area contributed by atoms with Gasteiger partial charge in [0.25, 0.3) is 0 Å². The summed E-state index contributed by atoms with van der Waals surface area (Å²) in [6, 6.07) is 10.9. The Morgan fingerprint density at radius 1 is 1.19 bits per heavy atom. The van der Waals surface area contributed by atoms with Crippen LogP contribution in [0, 0.1) is 0 Å². The fourth-order valence-corrected chi connectivity index (χ4v) is 2.15. The van der Waals surface area contributed by atoms with Crippen LogP contribution in [0.3, 0.4) is 0 Å². The van der Waals surface area contributed by atoms with Gasteiger partial charge in [-0.15, -0.1) is 0 Å². The average molecular weight is 293 g/mol. The summed E-state index contributed by atoms with van der Waals surface area (Å²) < 4.78 is 5.68. The molecule has 0 saturated carbocycles. The molecule has 0 aliphatic heterocycles. The van der Waals surface area contributed by atoms with Crippen LogP contribution in [0.15, 0.2) is 30.3 Å². The number of aliphatic hydroxyl groups excluding tert-OH is 1. The summed E-state index contributed by atoms with van der Waals surface area (Å²) in [7, 11) is 0. The van der Waals surface area contributed by atoms with Gasteiger partial charge in [-0.3, -0.25) is 4.90 Å². The van der Waals surface area contributed by atoms with Crippen LogP contribution in [0.25, 0.3) is 0 Å². The van der Waals surface area contributed by atoms with Gasteiger partial charge in [-0.05, 0) is 39.7 Å². The normalized spacial score (nSPS) is 15.2. The zero-order valence-electron chi connectivity index (χ0n) is 14.2. The predicted octanol–water partition coefficient (Wildman–Crippen LogP) is 3.46. The van der Waals surface area contributed by atoms with Gasteiger partial charge in [0.1, 0.15) is 0 Å². The van der Waals surface area contributed by atoms with Crippen LogP contribution in [-0.4, -0.2) is 40.9 Å². The molecule has 1 rings (SSSR count). The molecule has 0 bridgehead atoms. The first-order valence-electron chi connectivity index (χ1n) is 7.92. The molecule has 0 radical (unpaired) electrons. The minimum absolute atomic E-state index is 0.207. The molecule has 2 atom stereocenters. The number of ether oxygens (including phenoxy) is 1. The van der Waals surface area contributed by atoms with E-state index in [0.717, 1.165) is 13.0 Å². The van der Waals surface area contributed by atoms with Crippen molar-refractivity contribution in [3.63, 3.8) is 0 Å². The van der Waals surface area contributed by atoms with Gasteiger partial charge in [0, 0.05) is 19.1 Å². The molecule has 3 heteroatoms. The summed E-state index contributed by atoms with van der Waals surface area (Å²) in [5.74, 6) is 0. The zero-order valence-corrected chi connectivity index (χ0v) is 14.2. The molecule has 0 saturated heterocycles. The molecule has 1 aromatic carbocycles. The smallest absolute Gasteiger partial charge is 0.0900 e. The van der Waals surface area contributed by atoms with Crippen LogP contribution in [0.5, 0.6) is 0 Å². The second-order valence-corrected chi connectivity index (χ2v) is 6.75. The van der Waals surface area contributed by atoms with Crippen LogP contribution in [0.1, 0.15) is 46.6 Å². The van der Waals surface area contributed by atoms with Gasteiger partial charge in [0.15, 0.2) is 0 Å². The number of aliphatic hydroxyl groups is 1. The molecule has 21 heavy (non-hydrogen) atoms. The lowest BCUT2D eigenvalue weighted by atomic mass is 10.1. The lowest BCUT2D eigenvalue weighted by Gasteiger charge is -2.31. The van der Waals surface area contributed by atoms with Crippen LogP contribution >= 0.6 is 0 Å². The van der Waals surface area contributed by atoms with Crippen molar-refractivity contribution >= 4 is 0 Å². The maximum atomic E-state index is 10.2. The SMILES string of the molecule is CC[C@H](C)N(Cc1ccccc1)C[C@H](O)COC(C)(C)C. The topological polar surface area (TPSA) is 32.7 Å². The van der Waals surface area contributed by atoms with Crippen molar-refractivity contribution in [2.75, 3.05) is 13.2 Å². The third-order valence-corrected chi connectivity index (χ3v) is 3.60. The Morgan fingerprint density at radius 3 is 2.33 bits per heavy atom. The Kier molecular flexibility index (Phi) is 7.36. The Labute approximate surface area is 129 Å². The Balaban J connectivity index is 2.58. The largest absolute Gasteiger partial charge is 0.389 e. The molecular weight excluding hydrogens is 262 g/mol. The molecule has 0 aliphatic rings. The number of rotatable bonds is 8. The first-order valence-corrected chi connectivity index (χ1v) is 7.92. The second kappa shape index (κ2) is 8.52. The monoisotopic (exact) mass is 293 g/mol. The van der Waals surface area contributed by atoms with Crippen molar-refractivity contribution in [2.45, 2.75) is 65.3 Å². The van der Waals surface area contributed by atoms with Gasteiger partial charge in [-0.25, -0.2) is 0 Å². The third kappa shape index (κ3) is 7.60. The quantitative estimate of drug-likeness (QED) is 0.796. The molecule has 0 fully saturated rings. The fourth-order valence-electron chi connectivity index (χ4n) is 2.15. The first-order chi connectivity index (χ1) is 9.81. The highest BCUT2D eigenvalue weighted by Crippen LogP contribution is 2.13. The minimum Gasteiger partial charge on any atom is -0.389 e. The van der Waals surface area contributed by atoms with Gasteiger partial charge in [0.05, 0.1) is 18.3 Å².